The van der Waals surface area contributed by atoms with E-state index in [1.807, 2.05) is 18.2 Å². The monoisotopic (exact) mass is 310 g/mol. The first-order valence-corrected chi connectivity index (χ1v) is 7.59. The zero-order valence-electron chi connectivity index (χ0n) is 12.4. The highest BCUT2D eigenvalue weighted by molar-refractivity contribution is 5.64. The molecule has 3 heterocycles. The molecule has 0 amide bonds. The van der Waals surface area contributed by atoms with Gasteiger partial charge in [-0.2, -0.15) is 4.98 Å². The van der Waals surface area contributed by atoms with Gasteiger partial charge in [0, 0.05) is 11.8 Å². The number of benzene rings is 1. The van der Waals surface area contributed by atoms with Gasteiger partial charge >= 0.3 is 0 Å². The van der Waals surface area contributed by atoms with Crippen LogP contribution < -0.4 is 5.32 Å². The van der Waals surface area contributed by atoms with E-state index in [0.717, 1.165) is 30.5 Å². The Labute approximate surface area is 132 Å². The van der Waals surface area contributed by atoms with Crippen LogP contribution in [-0.4, -0.2) is 21.7 Å². The molecule has 4 rings (SSSR count). The van der Waals surface area contributed by atoms with E-state index in [2.05, 4.69) is 20.4 Å². The summed E-state index contributed by atoms with van der Waals surface area (Å²) >= 11 is 0. The molecular weight excluding hydrogens is 295 g/mol. The average Bonchev–Trinajstić information content (AvgIpc) is 3.26. The van der Waals surface area contributed by atoms with Crippen LogP contribution in [0.4, 0.5) is 4.39 Å². The van der Waals surface area contributed by atoms with E-state index in [1.165, 1.54) is 12.1 Å². The Morgan fingerprint density at radius 2 is 2.13 bits per heavy atom. The van der Waals surface area contributed by atoms with Gasteiger partial charge < -0.3 is 9.84 Å². The van der Waals surface area contributed by atoms with Crippen molar-refractivity contribution in [1.82, 2.24) is 20.4 Å². The minimum absolute atomic E-state index is 0.141. The fraction of sp³-hybridized carbons (Fsp3) is 0.235. The Hall–Kier alpha value is -2.60. The molecule has 1 atom stereocenters. The Kier molecular flexibility index (Phi) is 3.59. The van der Waals surface area contributed by atoms with Gasteiger partial charge in [0.2, 0.25) is 11.7 Å². The van der Waals surface area contributed by atoms with Gasteiger partial charge in [0.1, 0.15) is 11.5 Å². The largest absolute Gasteiger partial charge is 0.337 e. The number of rotatable bonds is 3. The Balaban J connectivity index is 1.58. The van der Waals surface area contributed by atoms with Gasteiger partial charge in [-0.25, -0.2) is 4.39 Å². The van der Waals surface area contributed by atoms with Gasteiger partial charge in [-0.3, -0.25) is 4.98 Å². The summed E-state index contributed by atoms with van der Waals surface area (Å²) in [6, 6.07) is 10.3. The van der Waals surface area contributed by atoms with Gasteiger partial charge in [0.05, 0.1) is 6.04 Å². The van der Waals surface area contributed by atoms with Crippen molar-refractivity contribution in [3.05, 3.63) is 54.3 Å². The third-order valence-electron chi connectivity index (χ3n) is 3.95. The molecule has 0 aliphatic carbocycles. The maximum absolute atomic E-state index is 13.3. The maximum atomic E-state index is 13.3. The van der Waals surface area contributed by atoms with Crippen LogP contribution in [0.2, 0.25) is 0 Å². The van der Waals surface area contributed by atoms with Crippen molar-refractivity contribution in [2.45, 2.75) is 18.9 Å². The normalized spacial score (nSPS) is 17.5. The van der Waals surface area contributed by atoms with Gasteiger partial charge in [-0.1, -0.05) is 23.4 Å². The molecule has 1 N–H and O–H groups in total. The second-order valence-corrected chi connectivity index (χ2v) is 5.55. The van der Waals surface area contributed by atoms with Crippen LogP contribution in [0.25, 0.3) is 22.6 Å². The summed E-state index contributed by atoms with van der Waals surface area (Å²) < 4.78 is 18.6. The lowest BCUT2D eigenvalue weighted by atomic mass is 10.1. The first kappa shape index (κ1) is 14.0. The van der Waals surface area contributed by atoms with E-state index in [-0.39, 0.29) is 11.9 Å². The SMILES string of the molecule is Fc1cccc(-c2ccc(-c3noc([C@H]4CCCN4)n3)nc2)c1. The van der Waals surface area contributed by atoms with E-state index in [0.29, 0.717) is 17.4 Å². The number of hydrogen-bond donors (Lipinski definition) is 1. The highest BCUT2D eigenvalue weighted by Gasteiger charge is 2.22. The molecule has 0 bridgehead atoms. The van der Waals surface area contributed by atoms with Crippen molar-refractivity contribution in [3.63, 3.8) is 0 Å². The van der Waals surface area contributed by atoms with Crippen LogP contribution in [0.3, 0.4) is 0 Å². The van der Waals surface area contributed by atoms with Gasteiger partial charge in [0.15, 0.2) is 0 Å². The smallest absolute Gasteiger partial charge is 0.244 e. The molecule has 6 heteroatoms. The quantitative estimate of drug-likeness (QED) is 0.803. The molecule has 1 aromatic carbocycles. The molecule has 0 spiro atoms. The first-order valence-electron chi connectivity index (χ1n) is 7.59. The molecule has 1 saturated heterocycles. The number of aromatic nitrogens is 3. The molecule has 0 radical (unpaired) electrons. The van der Waals surface area contributed by atoms with Gasteiger partial charge in [-0.15, -0.1) is 0 Å². The van der Waals surface area contributed by atoms with Crippen molar-refractivity contribution in [1.29, 1.82) is 0 Å². The Bertz CT molecular complexity index is 809. The molecule has 0 saturated carbocycles. The fourth-order valence-electron chi connectivity index (χ4n) is 2.74. The molecule has 3 aromatic rings. The minimum Gasteiger partial charge on any atom is -0.337 e. The van der Waals surface area contributed by atoms with E-state index in [9.17, 15) is 4.39 Å². The van der Waals surface area contributed by atoms with Crippen molar-refractivity contribution in [2.75, 3.05) is 6.54 Å². The van der Waals surface area contributed by atoms with Crippen molar-refractivity contribution >= 4 is 0 Å². The van der Waals surface area contributed by atoms with Crippen molar-refractivity contribution < 1.29 is 8.91 Å². The fourth-order valence-corrected chi connectivity index (χ4v) is 2.74. The molecule has 23 heavy (non-hydrogen) atoms. The average molecular weight is 310 g/mol. The molecule has 1 aliphatic rings. The van der Waals surface area contributed by atoms with Crippen molar-refractivity contribution in [2.24, 2.45) is 0 Å². The molecule has 116 valence electrons. The highest BCUT2D eigenvalue weighted by atomic mass is 19.1. The third kappa shape index (κ3) is 2.85. The zero-order chi connectivity index (χ0) is 15.6. The summed E-state index contributed by atoms with van der Waals surface area (Å²) in [5.41, 5.74) is 2.26. The van der Waals surface area contributed by atoms with Gasteiger partial charge in [0.25, 0.3) is 0 Å². The van der Waals surface area contributed by atoms with E-state index >= 15 is 0 Å². The van der Waals surface area contributed by atoms with Crippen molar-refractivity contribution in [3.8, 4) is 22.6 Å². The number of nitrogens with zero attached hydrogens (tertiary/aromatic N) is 3. The predicted molar refractivity (Wildman–Crippen MR) is 82.9 cm³/mol. The maximum Gasteiger partial charge on any atom is 0.244 e. The highest BCUT2D eigenvalue weighted by Crippen LogP contribution is 2.25. The number of pyridine rings is 1. The number of nitrogens with one attached hydrogen (secondary N) is 1. The van der Waals surface area contributed by atoms with Crippen LogP contribution in [0.15, 0.2) is 47.1 Å². The summed E-state index contributed by atoms with van der Waals surface area (Å²) in [5.74, 6) is 0.812. The van der Waals surface area contributed by atoms with Gasteiger partial charge in [-0.05, 0) is 43.1 Å². The Morgan fingerprint density at radius 3 is 2.87 bits per heavy atom. The standard InChI is InChI=1S/C17H15FN4O/c18-13-4-1-3-11(9-13)12-6-7-14(20-10-12)16-21-17(23-22-16)15-5-2-8-19-15/h1,3-4,6-7,9-10,15,19H,2,5,8H2/t15-/m1/s1. The van der Waals surface area contributed by atoms with Crippen LogP contribution >= 0.6 is 0 Å². The number of halogens is 1. The summed E-state index contributed by atoms with van der Waals surface area (Å²) in [6.07, 6.45) is 3.81. The lowest BCUT2D eigenvalue weighted by molar-refractivity contribution is 0.345. The summed E-state index contributed by atoms with van der Waals surface area (Å²) in [5, 5.41) is 7.32. The number of hydrogen-bond acceptors (Lipinski definition) is 5. The molecule has 2 aromatic heterocycles. The van der Waals surface area contributed by atoms with E-state index < -0.39 is 0 Å². The van der Waals surface area contributed by atoms with Crippen LogP contribution in [0.5, 0.6) is 0 Å². The minimum atomic E-state index is -0.265. The molecule has 0 unspecified atom stereocenters. The van der Waals surface area contributed by atoms with Crippen LogP contribution in [0, 0.1) is 5.82 Å². The zero-order valence-corrected chi connectivity index (χ0v) is 12.4. The molecule has 1 fully saturated rings. The first-order chi connectivity index (χ1) is 11.3. The summed E-state index contributed by atoms with van der Waals surface area (Å²) in [6.45, 7) is 0.975. The predicted octanol–water partition coefficient (Wildman–Crippen LogP) is 3.36. The lowest BCUT2D eigenvalue weighted by Gasteiger charge is -2.02. The Morgan fingerprint density at radius 1 is 1.17 bits per heavy atom. The topological polar surface area (TPSA) is 63.8 Å². The molecular formula is C17H15FN4O. The van der Waals surface area contributed by atoms with E-state index in [1.54, 1.807) is 12.3 Å². The molecule has 1 aliphatic heterocycles. The summed E-state index contributed by atoms with van der Waals surface area (Å²) in [7, 11) is 0. The van der Waals surface area contributed by atoms with Crippen LogP contribution in [0.1, 0.15) is 24.8 Å². The third-order valence-corrected chi connectivity index (χ3v) is 3.95. The van der Waals surface area contributed by atoms with Crippen LogP contribution in [-0.2, 0) is 0 Å². The second kappa shape index (κ2) is 5.89. The summed E-state index contributed by atoms with van der Waals surface area (Å²) in [4.78, 5) is 8.78. The van der Waals surface area contributed by atoms with E-state index in [4.69, 9.17) is 4.52 Å². The lowest BCUT2D eigenvalue weighted by Crippen LogP contribution is -2.12. The molecule has 5 nitrogen and oxygen atoms in total. The second-order valence-electron chi connectivity index (χ2n) is 5.55.